The zero-order chi connectivity index (χ0) is 17.0. The van der Waals surface area contributed by atoms with Crippen LogP contribution < -0.4 is 10.5 Å². The molecule has 0 aliphatic carbocycles. The van der Waals surface area contributed by atoms with Gasteiger partial charge in [-0.1, -0.05) is 0 Å². The zero-order valence-corrected chi connectivity index (χ0v) is 14.3. The van der Waals surface area contributed by atoms with Crippen molar-refractivity contribution in [1.82, 2.24) is 0 Å². The van der Waals surface area contributed by atoms with Crippen LogP contribution in [0.2, 0.25) is 0 Å². The van der Waals surface area contributed by atoms with E-state index < -0.39 is 32.0 Å². The highest BCUT2D eigenvalue weighted by atomic mass is 32.2. The molecule has 1 aromatic rings. The van der Waals surface area contributed by atoms with Gasteiger partial charge in [-0.2, -0.15) is 0 Å². The van der Waals surface area contributed by atoms with Gasteiger partial charge in [-0.05, 0) is 39.0 Å². The molecule has 5 nitrogen and oxygen atoms in total. The maximum Gasteiger partial charge on any atom is 0.166 e. The van der Waals surface area contributed by atoms with Crippen molar-refractivity contribution in [3.8, 4) is 5.75 Å². The lowest BCUT2D eigenvalue weighted by atomic mass is 9.85. The van der Waals surface area contributed by atoms with Crippen molar-refractivity contribution in [3.05, 3.63) is 23.8 Å². The molecule has 2 aliphatic heterocycles. The molecule has 2 atom stereocenters. The van der Waals surface area contributed by atoms with Crippen molar-refractivity contribution in [2.75, 3.05) is 19.0 Å². The fourth-order valence-corrected chi connectivity index (χ4v) is 5.76. The first-order valence-electron chi connectivity index (χ1n) is 7.56. The number of sulfone groups is 1. The first kappa shape index (κ1) is 16.2. The van der Waals surface area contributed by atoms with E-state index in [9.17, 15) is 12.8 Å². The second-order valence-corrected chi connectivity index (χ2v) is 9.37. The molecule has 126 valence electrons. The lowest BCUT2D eigenvalue weighted by Crippen LogP contribution is -2.58. The van der Waals surface area contributed by atoms with Crippen molar-refractivity contribution in [3.63, 3.8) is 0 Å². The van der Waals surface area contributed by atoms with Crippen LogP contribution in [0.25, 0.3) is 0 Å². The Bertz CT molecular complexity index is 789. The average Bonchev–Trinajstić information content (AvgIpc) is 2.64. The quantitative estimate of drug-likeness (QED) is 0.795. The number of nitrogen functional groups attached to an aromatic ring is 1. The number of anilines is 1. The molecule has 2 heterocycles. The molecule has 0 amide bonds. The summed E-state index contributed by atoms with van der Waals surface area (Å²) in [7, 11) is -3.65. The third-order valence-corrected chi connectivity index (χ3v) is 8.26. The number of nitrogens with two attached hydrogens (primary N) is 1. The number of aliphatic imine (C=N–C) groups is 1. The predicted molar refractivity (Wildman–Crippen MR) is 88.5 cm³/mol. The van der Waals surface area contributed by atoms with Gasteiger partial charge in [0.1, 0.15) is 22.7 Å². The van der Waals surface area contributed by atoms with Gasteiger partial charge < -0.3 is 10.5 Å². The minimum Gasteiger partial charge on any atom is -0.493 e. The summed E-state index contributed by atoms with van der Waals surface area (Å²) < 4.78 is 45.1. The number of rotatable bonds is 1. The maximum absolute atomic E-state index is 14.3. The average molecular weight is 340 g/mol. The highest BCUT2D eigenvalue weighted by molar-refractivity contribution is 7.94. The number of fused-ring (bicyclic) bond motifs is 3. The van der Waals surface area contributed by atoms with E-state index in [0.29, 0.717) is 22.7 Å². The van der Waals surface area contributed by atoms with E-state index in [-0.39, 0.29) is 13.0 Å². The van der Waals surface area contributed by atoms with Crippen LogP contribution in [0, 0.1) is 0 Å². The van der Waals surface area contributed by atoms with E-state index in [0.717, 1.165) is 0 Å². The first-order valence-corrected chi connectivity index (χ1v) is 9.10. The summed E-state index contributed by atoms with van der Waals surface area (Å²) in [5.74, 6) is 0.450. The summed E-state index contributed by atoms with van der Waals surface area (Å²) in [5.41, 5.74) is 5.61. The number of ether oxygens (including phenoxy) is 1. The maximum atomic E-state index is 14.3. The minimum absolute atomic E-state index is 0.195. The molecule has 0 saturated heterocycles. The van der Waals surface area contributed by atoms with Crippen molar-refractivity contribution >= 4 is 21.2 Å². The van der Waals surface area contributed by atoms with Gasteiger partial charge in [0.15, 0.2) is 9.84 Å². The zero-order valence-electron chi connectivity index (χ0n) is 13.5. The fourth-order valence-electron chi connectivity index (χ4n) is 3.43. The third kappa shape index (κ3) is 2.02. The van der Waals surface area contributed by atoms with Crippen LogP contribution in [-0.2, 0) is 15.4 Å². The van der Waals surface area contributed by atoms with Gasteiger partial charge in [-0.3, -0.25) is 4.99 Å². The molecule has 1 aromatic carbocycles. The van der Waals surface area contributed by atoms with Gasteiger partial charge in [-0.25, -0.2) is 12.8 Å². The highest BCUT2D eigenvalue weighted by Crippen LogP contribution is 2.49. The van der Waals surface area contributed by atoms with Crippen LogP contribution >= 0.6 is 0 Å². The van der Waals surface area contributed by atoms with Gasteiger partial charge in [0.05, 0.1) is 11.9 Å². The van der Waals surface area contributed by atoms with Gasteiger partial charge in [0.25, 0.3) is 0 Å². The largest absolute Gasteiger partial charge is 0.493 e. The Morgan fingerprint density at radius 1 is 1.43 bits per heavy atom. The number of nitrogens with zero attached hydrogens (tertiary/aromatic N) is 1. The molecule has 7 heteroatoms. The van der Waals surface area contributed by atoms with Crippen molar-refractivity contribution in [2.24, 2.45) is 4.99 Å². The highest BCUT2D eigenvalue weighted by Gasteiger charge is 2.59. The monoisotopic (exact) mass is 340 g/mol. The first-order chi connectivity index (χ1) is 10.7. The van der Waals surface area contributed by atoms with Crippen LogP contribution in [0.4, 0.5) is 10.1 Å². The van der Waals surface area contributed by atoms with E-state index in [1.807, 2.05) is 0 Å². The molecule has 0 bridgehead atoms. The molecule has 2 aliphatic rings. The smallest absolute Gasteiger partial charge is 0.166 e. The van der Waals surface area contributed by atoms with Gasteiger partial charge in [0.2, 0.25) is 0 Å². The predicted octanol–water partition coefficient (Wildman–Crippen LogP) is 2.25. The van der Waals surface area contributed by atoms with E-state index >= 15 is 0 Å². The Morgan fingerprint density at radius 2 is 2.13 bits per heavy atom. The molecule has 23 heavy (non-hydrogen) atoms. The molecule has 0 unspecified atom stereocenters. The van der Waals surface area contributed by atoms with Crippen molar-refractivity contribution in [2.45, 2.75) is 42.7 Å². The van der Waals surface area contributed by atoms with Crippen molar-refractivity contribution in [1.29, 1.82) is 0 Å². The second kappa shape index (κ2) is 4.93. The fraction of sp³-hybridized carbons (Fsp3) is 0.562. The Labute approximate surface area is 135 Å². The summed E-state index contributed by atoms with van der Waals surface area (Å²) in [6.45, 7) is 4.17. The molecular formula is C16H21FN2O3S. The van der Waals surface area contributed by atoms with Crippen LogP contribution in [0.5, 0.6) is 5.75 Å². The molecule has 0 saturated carbocycles. The van der Waals surface area contributed by atoms with Crippen LogP contribution in [-0.4, -0.2) is 37.4 Å². The number of halogens is 1. The minimum atomic E-state index is -3.65. The van der Waals surface area contributed by atoms with Crippen LogP contribution in [0.3, 0.4) is 0 Å². The standard InChI is InChI=1S/C16H21FN2O3S/c1-10-15(2,3)23(20,21)14-6-7-22-13-5-4-11(18)8-12(13)16(14,9-17)19-10/h4-5,8,14H,6-7,9,18H2,1-3H3/t14-,16-/m1/s1. The third-order valence-electron chi connectivity index (χ3n) is 5.17. The molecular weight excluding hydrogens is 319 g/mol. The normalized spacial score (nSPS) is 31.1. The van der Waals surface area contributed by atoms with Gasteiger partial charge in [0, 0.05) is 23.4 Å². The molecule has 0 fully saturated rings. The molecule has 3 rings (SSSR count). The number of alkyl halides is 1. The van der Waals surface area contributed by atoms with E-state index in [4.69, 9.17) is 10.5 Å². The summed E-state index contributed by atoms with van der Waals surface area (Å²) in [5, 5.41) is -0.971. The molecule has 2 N–H and O–H groups in total. The summed E-state index contributed by atoms with van der Waals surface area (Å²) in [6, 6.07) is 4.89. The lowest BCUT2D eigenvalue weighted by molar-refractivity contribution is 0.280. The van der Waals surface area contributed by atoms with Gasteiger partial charge >= 0.3 is 0 Å². The number of hydrogen-bond acceptors (Lipinski definition) is 5. The van der Waals surface area contributed by atoms with Crippen molar-refractivity contribution < 1.29 is 17.5 Å². The Kier molecular flexibility index (Phi) is 3.48. The Hall–Kier alpha value is -1.63. The van der Waals surface area contributed by atoms with Crippen LogP contribution in [0.15, 0.2) is 23.2 Å². The Balaban J connectivity index is 2.39. The summed E-state index contributed by atoms with van der Waals surface area (Å²) >= 11 is 0. The molecule has 0 aromatic heterocycles. The molecule has 0 radical (unpaired) electrons. The molecule has 0 spiro atoms. The van der Waals surface area contributed by atoms with Crippen LogP contribution in [0.1, 0.15) is 32.8 Å². The summed E-state index contributed by atoms with van der Waals surface area (Å²) in [4.78, 5) is 4.57. The second-order valence-electron chi connectivity index (χ2n) is 6.69. The summed E-state index contributed by atoms with van der Waals surface area (Å²) in [6.07, 6.45) is 0.195. The van der Waals surface area contributed by atoms with E-state index in [2.05, 4.69) is 4.99 Å². The van der Waals surface area contributed by atoms with E-state index in [1.54, 1.807) is 39.0 Å². The lowest BCUT2D eigenvalue weighted by Gasteiger charge is -2.44. The van der Waals surface area contributed by atoms with E-state index in [1.165, 1.54) is 0 Å². The number of hydrogen-bond donors (Lipinski definition) is 1. The Morgan fingerprint density at radius 3 is 2.78 bits per heavy atom. The topological polar surface area (TPSA) is 81.8 Å². The number of benzene rings is 1. The van der Waals surface area contributed by atoms with Gasteiger partial charge in [-0.15, -0.1) is 0 Å². The SMILES string of the molecule is CC1=N[C@]2(CF)c3cc(N)ccc3OCC[C@H]2S(=O)(=O)C1(C)C.